The molecule has 0 spiro atoms. The highest BCUT2D eigenvalue weighted by atomic mass is 32.2. The summed E-state index contributed by atoms with van der Waals surface area (Å²) in [6, 6.07) is 13.9. The fourth-order valence-electron chi connectivity index (χ4n) is 2.68. The van der Waals surface area contributed by atoms with Crippen LogP contribution < -0.4 is 19.9 Å². The number of primary amides is 1. The molecule has 0 saturated carbocycles. The van der Waals surface area contributed by atoms with E-state index in [-0.39, 0.29) is 25.0 Å². The second-order valence-electron chi connectivity index (χ2n) is 6.16. The lowest BCUT2D eigenvalue weighted by Gasteiger charge is -2.14. The number of thioether (sulfide) groups is 1. The van der Waals surface area contributed by atoms with Crippen molar-refractivity contribution in [1.82, 2.24) is 4.90 Å². The van der Waals surface area contributed by atoms with E-state index in [1.165, 1.54) is 7.11 Å². The van der Waals surface area contributed by atoms with Crippen molar-refractivity contribution >= 4 is 34.9 Å². The Bertz CT molecular complexity index is 991. The second kappa shape index (κ2) is 9.84. The summed E-state index contributed by atoms with van der Waals surface area (Å²) in [6.45, 7) is 0.0100. The van der Waals surface area contributed by atoms with Gasteiger partial charge in [-0.1, -0.05) is 24.3 Å². The monoisotopic (exact) mass is 428 g/mol. The number of nitrogens with zero attached hydrogens (tertiary/aromatic N) is 1. The molecule has 30 heavy (non-hydrogen) atoms. The third-order valence-corrected chi connectivity index (χ3v) is 4.96. The molecule has 9 heteroatoms. The Morgan fingerprint density at radius 2 is 1.87 bits per heavy atom. The molecule has 1 aliphatic heterocycles. The molecular formula is C21H20N2O6S. The van der Waals surface area contributed by atoms with Gasteiger partial charge in [0.15, 0.2) is 18.1 Å². The van der Waals surface area contributed by atoms with Gasteiger partial charge in [0.05, 0.1) is 18.6 Å². The van der Waals surface area contributed by atoms with E-state index >= 15 is 0 Å². The summed E-state index contributed by atoms with van der Waals surface area (Å²) in [7, 11) is 1.54. The van der Waals surface area contributed by atoms with Crippen molar-refractivity contribution in [3.05, 3.63) is 59.0 Å². The average Bonchev–Trinajstić information content (AvgIpc) is 3.00. The van der Waals surface area contributed by atoms with Crippen LogP contribution in [0.1, 0.15) is 5.56 Å². The Morgan fingerprint density at radius 3 is 2.60 bits per heavy atom. The molecule has 1 heterocycles. The first-order valence-corrected chi connectivity index (χ1v) is 9.82. The molecule has 8 nitrogen and oxygen atoms in total. The lowest BCUT2D eigenvalue weighted by atomic mass is 10.2. The van der Waals surface area contributed by atoms with Crippen molar-refractivity contribution in [2.45, 2.75) is 0 Å². The minimum absolute atomic E-state index is 0.113. The highest BCUT2D eigenvalue weighted by Gasteiger charge is 2.34. The molecule has 2 aromatic carbocycles. The third-order valence-electron chi connectivity index (χ3n) is 4.05. The number of methoxy groups -OCH3 is 1. The highest BCUT2D eigenvalue weighted by Crippen LogP contribution is 2.33. The SMILES string of the molecule is COc1ccccc1OCCN1C(=O)S/C(=C\c2cccc(OCC(N)=O)c2)C1=O. The molecule has 0 aliphatic carbocycles. The van der Waals surface area contributed by atoms with Crippen molar-refractivity contribution in [3.63, 3.8) is 0 Å². The average molecular weight is 428 g/mol. The van der Waals surface area contributed by atoms with E-state index in [2.05, 4.69) is 0 Å². The zero-order valence-corrected chi connectivity index (χ0v) is 17.0. The molecule has 2 N–H and O–H groups in total. The van der Waals surface area contributed by atoms with Gasteiger partial charge in [0.2, 0.25) is 0 Å². The summed E-state index contributed by atoms with van der Waals surface area (Å²) in [5.41, 5.74) is 5.73. The lowest BCUT2D eigenvalue weighted by molar-refractivity contribution is -0.123. The molecule has 156 valence electrons. The van der Waals surface area contributed by atoms with Crippen LogP contribution in [-0.4, -0.2) is 48.8 Å². The number of imide groups is 1. The molecular weight excluding hydrogens is 408 g/mol. The Balaban J connectivity index is 1.63. The minimum atomic E-state index is -0.586. The predicted molar refractivity (Wildman–Crippen MR) is 112 cm³/mol. The maximum absolute atomic E-state index is 12.6. The maximum atomic E-state index is 12.6. The van der Waals surface area contributed by atoms with Gasteiger partial charge in [-0.25, -0.2) is 0 Å². The quantitative estimate of drug-likeness (QED) is 0.612. The van der Waals surface area contributed by atoms with Crippen LogP contribution in [0.25, 0.3) is 6.08 Å². The number of para-hydroxylation sites is 2. The number of benzene rings is 2. The fourth-order valence-corrected chi connectivity index (χ4v) is 3.54. The van der Waals surface area contributed by atoms with E-state index < -0.39 is 11.8 Å². The molecule has 0 atom stereocenters. The van der Waals surface area contributed by atoms with Gasteiger partial charge in [-0.2, -0.15) is 0 Å². The van der Waals surface area contributed by atoms with Crippen LogP contribution in [0.4, 0.5) is 4.79 Å². The van der Waals surface area contributed by atoms with Gasteiger partial charge in [0.25, 0.3) is 17.1 Å². The third kappa shape index (κ3) is 5.32. The van der Waals surface area contributed by atoms with Crippen molar-refractivity contribution in [3.8, 4) is 17.2 Å². The zero-order chi connectivity index (χ0) is 21.5. The van der Waals surface area contributed by atoms with Crippen LogP contribution in [0.15, 0.2) is 53.4 Å². The Hall–Kier alpha value is -3.46. The van der Waals surface area contributed by atoms with Crippen LogP contribution in [0, 0.1) is 0 Å². The number of nitrogens with two attached hydrogens (primary N) is 1. The minimum Gasteiger partial charge on any atom is -0.493 e. The van der Waals surface area contributed by atoms with Gasteiger partial charge in [0.1, 0.15) is 12.4 Å². The van der Waals surface area contributed by atoms with E-state index in [0.717, 1.165) is 16.7 Å². The number of hydrogen-bond donors (Lipinski definition) is 1. The summed E-state index contributed by atoms with van der Waals surface area (Å²) >= 11 is 0.858. The van der Waals surface area contributed by atoms with E-state index in [4.69, 9.17) is 19.9 Å². The van der Waals surface area contributed by atoms with Gasteiger partial charge in [-0.15, -0.1) is 0 Å². The molecule has 0 radical (unpaired) electrons. The first-order valence-electron chi connectivity index (χ1n) is 9.00. The van der Waals surface area contributed by atoms with Crippen LogP contribution in [-0.2, 0) is 9.59 Å². The van der Waals surface area contributed by atoms with Gasteiger partial charge >= 0.3 is 0 Å². The second-order valence-corrected chi connectivity index (χ2v) is 7.15. The van der Waals surface area contributed by atoms with Gasteiger partial charge in [-0.3, -0.25) is 19.3 Å². The summed E-state index contributed by atoms with van der Waals surface area (Å²) in [5.74, 6) is 0.571. The number of hydrogen-bond acceptors (Lipinski definition) is 7. The Kier molecular flexibility index (Phi) is 6.97. The summed E-state index contributed by atoms with van der Waals surface area (Å²) in [6.07, 6.45) is 1.60. The van der Waals surface area contributed by atoms with Crippen LogP contribution in [0.3, 0.4) is 0 Å². The van der Waals surface area contributed by atoms with E-state index in [9.17, 15) is 14.4 Å². The Labute approximate surface area is 177 Å². The first-order chi connectivity index (χ1) is 14.5. The van der Waals surface area contributed by atoms with Gasteiger partial charge in [-0.05, 0) is 47.7 Å². The van der Waals surface area contributed by atoms with E-state index in [1.54, 1.807) is 42.5 Å². The number of amides is 3. The largest absolute Gasteiger partial charge is 0.493 e. The summed E-state index contributed by atoms with van der Waals surface area (Å²) < 4.78 is 16.1. The number of rotatable bonds is 9. The van der Waals surface area contributed by atoms with Crippen LogP contribution in [0.2, 0.25) is 0 Å². The molecule has 1 fully saturated rings. The van der Waals surface area contributed by atoms with Crippen LogP contribution >= 0.6 is 11.8 Å². The smallest absolute Gasteiger partial charge is 0.293 e. The molecule has 0 bridgehead atoms. The standard InChI is InChI=1S/C21H20N2O6S/c1-27-16-7-2-3-8-17(16)28-10-9-23-20(25)18(30-21(23)26)12-14-5-4-6-15(11-14)29-13-19(22)24/h2-8,11-12H,9-10,13H2,1H3,(H2,22,24)/b18-12-. The van der Waals surface area contributed by atoms with Crippen molar-refractivity contribution in [2.75, 3.05) is 26.9 Å². The van der Waals surface area contributed by atoms with Crippen molar-refractivity contribution in [1.29, 1.82) is 0 Å². The molecule has 3 amide bonds. The molecule has 1 saturated heterocycles. The topological polar surface area (TPSA) is 108 Å². The van der Waals surface area contributed by atoms with Crippen molar-refractivity contribution in [2.24, 2.45) is 5.73 Å². The number of ether oxygens (including phenoxy) is 3. The van der Waals surface area contributed by atoms with Gasteiger partial charge in [0, 0.05) is 0 Å². The first kappa shape index (κ1) is 21.3. The summed E-state index contributed by atoms with van der Waals surface area (Å²) in [5, 5.41) is -0.365. The predicted octanol–water partition coefficient (Wildman–Crippen LogP) is 2.67. The summed E-state index contributed by atoms with van der Waals surface area (Å²) in [4.78, 5) is 37.2. The molecule has 0 unspecified atom stereocenters. The number of carbonyl (C=O) groups excluding carboxylic acids is 3. The fraction of sp³-hybridized carbons (Fsp3) is 0.190. The Morgan fingerprint density at radius 1 is 1.10 bits per heavy atom. The molecule has 1 aliphatic rings. The van der Waals surface area contributed by atoms with E-state index in [1.807, 2.05) is 12.1 Å². The van der Waals surface area contributed by atoms with Gasteiger partial charge < -0.3 is 19.9 Å². The number of carbonyl (C=O) groups is 3. The zero-order valence-electron chi connectivity index (χ0n) is 16.2. The van der Waals surface area contributed by atoms with E-state index in [0.29, 0.717) is 27.7 Å². The highest BCUT2D eigenvalue weighted by molar-refractivity contribution is 8.18. The normalized spacial score (nSPS) is 14.8. The van der Waals surface area contributed by atoms with Crippen LogP contribution in [0.5, 0.6) is 17.2 Å². The van der Waals surface area contributed by atoms with Crippen molar-refractivity contribution < 1.29 is 28.6 Å². The lowest BCUT2D eigenvalue weighted by Crippen LogP contribution is -2.32. The molecule has 2 aromatic rings. The molecule has 3 rings (SSSR count). The maximum Gasteiger partial charge on any atom is 0.293 e. The molecule has 0 aromatic heterocycles.